The predicted octanol–water partition coefficient (Wildman–Crippen LogP) is 12.6. The molecule has 0 heterocycles. The number of ether oxygens (including phenoxy) is 1. The second-order valence-corrected chi connectivity index (χ2v) is 11.5. The highest BCUT2D eigenvalue weighted by Gasteiger charge is 2.09. The van der Waals surface area contributed by atoms with E-state index in [1.807, 2.05) is 0 Å². The van der Waals surface area contributed by atoms with E-state index in [9.17, 15) is 9.59 Å². The number of hydrogen-bond donors (Lipinski definition) is 0. The molecule has 0 saturated carbocycles. The Morgan fingerprint density at radius 3 is 0.950 bits per heavy atom. The highest BCUT2D eigenvalue weighted by molar-refractivity contribution is 5.85. The number of rotatable bonds is 30. The molecule has 0 aromatic heterocycles. The first-order chi connectivity index (χ1) is 19.2. The quantitative estimate of drug-likeness (QED) is 0.0366. The lowest BCUT2D eigenvalue weighted by Crippen LogP contribution is -2.11. The summed E-state index contributed by atoms with van der Waals surface area (Å²) >= 11 is 0. The number of halogens is 1. The minimum absolute atomic E-state index is 0. The Hall–Kier alpha value is -1.09. The molecule has 0 fully saturated rings. The molecule has 0 unspecified atom stereocenters. The SMILES string of the molecule is CCCCCCCCC=CCCCCCCCC(=O)OC(=O)CCCCCCC/C=C\CCCCCCCC.Cl. The molecular formula is C36H67ClO3. The summed E-state index contributed by atoms with van der Waals surface area (Å²) in [6.07, 6.45) is 42.2. The van der Waals surface area contributed by atoms with E-state index >= 15 is 0 Å². The fraction of sp³-hybridized carbons (Fsp3) is 0.833. The van der Waals surface area contributed by atoms with Crippen LogP contribution in [0.4, 0.5) is 0 Å². The maximum absolute atomic E-state index is 11.9. The minimum Gasteiger partial charge on any atom is -0.393 e. The molecule has 0 radical (unpaired) electrons. The van der Waals surface area contributed by atoms with Gasteiger partial charge < -0.3 is 4.74 Å². The van der Waals surface area contributed by atoms with Crippen LogP contribution in [0, 0.1) is 0 Å². The Labute approximate surface area is 256 Å². The van der Waals surface area contributed by atoms with Crippen molar-refractivity contribution < 1.29 is 14.3 Å². The molecule has 0 saturated heterocycles. The third-order valence-electron chi connectivity index (χ3n) is 7.51. The summed E-state index contributed by atoms with van der Waals surface area (Å²) in [5.74, 6) is -0.684. The number of carbonyl (C=O) groups excluding carboxylic acids is 2. The molecule has 0 aliphatic heterocycles. The van der Waals surface area contributed by atoms with E-state index in [-0.39, 0.29) is 24.3 Å². The van der Waals surface area contributed by atoms with Crippen LogP contribution in [0.5, 0.6) is 0 Å². The lowest BCUT2D eigenvalue weighted by atomic mass is 10.1. The van der Waals surface area contributed by atoms with Gasteiger partial charge >= 0.3 is 11.9 Å². The maximum Gasteiger partial charge on any atom is 0.313 e. The van der Waals surface area contributed by atoms with Crippen LogP contribution in [0.25, 0.3) is 0 Å². The van der Waals surface area contributed by atoms with Gasteiger partial charge in [0.25, 0.3) is 0 Å². The average molecular weight is 583 g/mol. The van der Waals surface area contributed by atoms with Crippen molar-refractivity contribution in [1.82, 2.24) is 0 Å². The van der Waals surface area contributed by atoms with E-state index < -0.39 is 0 Å². The van der Waals surface area contributed by atoms with Gasteiger partial charge in [0, 0.05) is 12.8 Å². The van der Waals surface area contributed by atoms with Crippen LogP contribution < -0.4 is 0 Å². The molecule has 0 bridgehead atoms. The third kappa shape index (κ3) is 34.9. The molecule has 0 rings (SSSR count). The first-order valence-electron chi connectivity index (χ1n) is 17.2. The molecule has 0 aromatic carbocycles. The summed E-state index contributed by atoms with van der Waals surface area (Å²) in [5, 5.41) is 0. The molecular weight excluding hydrogens is 516 g/mol. The van der Waals surface area contributed by atoms with Crippen molar-refractivity contribution in [2.75, 3.05) is 0 Å². The molecule has 0 atom stereocenters. The predicted molar refractivity (Wildman–Crippen MR) is 177 cm³/mol. The molecule has 236 valence electrons. The van der Waals surface area contributed by atoms with Crippen molar-refractivity contribution in [2.45, 2.75) is 194 Å². The van der Waals surface area contributed by atoms with Gasteiger partial charge in [-0.15, -0.1) is 12.4 Å². The van der Waals surface area contributed by atoms with Gasteiger partial charge in [-0.3, -0.25) is 9.59 Å². The van der Waals surface area contributed by atoms with Crippen LogP contribution in [-0.2, 0) is 14.3 Å². The number of allylic oxidation sites excluding steroid dienone is 4. The molecule has 40 heavy (non-hydrogen) atoms. The number of esters is 2. The normalized spacial score (nSPS) is 11.3. The van der Waals surface area contributed by atoms with E-state index in [1.54, 1.807) is 0 Å². The Kier molecular flexibility index (Phi) is 36.9. The van der Waals surface area contributed by atoms with Crippen molar-refractivity contribution in [3.8, 4) is 0 Å². The van der Waals surface area contributed by atoms with E-state index in [2.05, 4.69) is 38.2 Å². The zero-order chi connectivity index (χ0) is 28.5. The third-order valence-corrected chi connectivity index (χ3v) is 7.51. The van der Waals surface area contributed by atoms with Gasteiger partial charge in [-0.25, -0.2) is 0 Å². The minimum atomic E-state index is -0.342. The smallest absolute Gasteiger partial charge is 0.313 e. The fourth-order valence-electron chi connectivity index (χ4n) is 4.91. The Bertz CT molecular complexity index is 535. The molecule has 4 heteroatoms. The molecule has 3 nitrogen and oxygen atoms in total. The molecule has 0 aliphatic rings. The van der Waals surface area contributed by atoms with Crippen LogP contribution >= 0.6 is 12.4 Å². The molecule has 0 aliphatic carbocycles. The monoisotopic (exact) mass is 582 g/mol. The standard InChI is InChI=1S/C36H66O3.ClH/c1-3-5-7-9-11-13-15-17-19-21-23-25-27-29-31-33-35(37)39-36(38)34-32-30-28-26-24-22-20-18-16-14-12-10-8-6-4-2;/h17-20H,3-16,21-34H2,1-2H3;1H/b19-17-,20-18?;. The fourth-order valence-corrected chi connectivity index (χ4v) is 4.91. The van der Waals surface area contributed by atoms with Gasteiger partial charge in [0.15, 0.2) is 0 Å². The lowest BCUT2D eigenvalue weighted by Gasteiger charge is -2.04. The summed E-state index contributed by atoms with van der Waals surface area (Å²) in [4.78, 5) is 23.8. The van der Waals surface area contributed by atoms with Crippen LogP contribution in [0.3, 0.4) is 0 Å². The zero-order valence-corrected chi connectivity index (χ0v) is 27.6. The number of hydrogen-bond acceptors (Lipinski definition) is 3. The lowest BCUT2D eigenvalue weighted by molar-refractivity contribution is -0.159. The van der Waals surface area contributed by atoms with Crippen molar-refractivity contribution in [3.63, 3.8) is 0 Å². The van der Waals surface area contributed by atoms with E-state index in [0.29, 0.717) is 12.8 Å². The van der Waals surface area contributed by atoms with Gasteiger partial charge in [-0.1, -0.05) is 141 Å². The molecule has 0 amide bonds. The Morgan fingerprint density at radius 1 is 0.400 bits per heavy atom. The van der Waals surface area contributed by atoms with Crippen molar-refractivity contribution in [1.29, 1.82) is 0 Å². The molecule has 0 spiro atoms. The summed E-state index contributed by atoms with van der Waals surface area (Å²) in [5.41, 5.74) is 0. The van der Waals surface area contributed by atoms with Gasteiger partial charge in [-0.2, -0.15) is 0 Å². The van der Waals surface area contributed by atoms with Crippen molar-refractivity contribution in [2.24, 2.45) is 0 Å². The van der Waals surface area contributed by atoms with Gasteiger partial charge in [0.2, 0.25) is 0 Å². The van der Waals surface area contributed by atoms with Crippen LogP contribution in [0.1, 0.15) is 194 Å². The van der Waals surface area contributed by atoms with E-state index in [4.69, 9.17) is 4.74 Å². The summed E-state index contributed by atoms with van der Waals surface area (Å²) in [6.45, 7) is 4.53. The molecule has 0 aromatic rings. The number of carbonyl (C=O) groups is 2. The molecule has 0 N–H and O–H groups in total. The van der Waals surface area contributed by atoms with Gasteiger partial charge in [0.1, 0.15) is 0 Å². The number of unbranched alkanes of at least 4 members (excludes halogenated alkanes) is 22. The zero-order valence-electron chi connectivity index (χ0n) is 26.7. The summed E-state index contributed by atoms with van der Waals surface area (Å²) in [6, 6.07) is 0. The Balaban J connectivity index is 0. The van der Waals surface area contributed by atoms with E-state index in [0.717, 1.165) is 38.5 Å². The first-order valence-corrected chi connectivity index (χ1v) is 17.2. The van der Waals surface area contributed by atoms with Crippen molar-refractivity contribution >= 4 is 24.3 Å². The average Bonchev–Trinajstić information content (AvgIpc) is 2.93. The maximum atomic E-state index is 11.9. The highest BCUT2D eigenvalue weighted by Crippen LogP contribution is 2.12. The van der Waals surface area contributed by atoms with Crippen LogP contribution in [0.2, 0.25) is 0 Å². The summed E-state index contributed by atoms with van der Waals surface area (Å²) < 4.78 is 4.99. The van der Waals surface area contributed by atoms with Crippen LogP contribution in [-0.4, -0.2) is 11.9 Å². The van der Waals surface area contributed by atoms with Crippen LogP contribution in [0.15, 0.2) is 24.3 Å². The van der Waals surface area contributed by atoms with Gasteiger partial charge in [0.05, 0.1) is 0 Å². The second-order valence-electron chi connectivity index (χ2n) is 11.5. The summed E-state index contributed by atoms with van der Waals surface area (Å²) in [7, 11) is 0. The van der Waals surface area contributed by atoms with E-state index in [1.165, 1.54) is 128 Å². The largest absolute Gasteiger partial charge is 0.393 e. The highest BCUT2D eigenvalue weighted by atomic mass is 35.5. The first kappa shape index (κ1) is 41.0. The second kappa shape index (κ2) is 35.9. The van der Waals surface area contributed by atoms with Crippen molar-refractivity contribution in [3.05, 3.63) is 24.3 Å². The Morgan fingerprint density at radius 2 is 0.650 bits per heavy atom. The topological polar surface area (TPSA) is 43.4 Å². The van der Waals surface area contributed by atoms with Gasteiger partial charge in [-0.05, 0) is 64.2 Å².